The minimum absolute atomic E-state index is 0.127. The van der Waals surface area contributed by atoms with Crippen molar-refractivity contribution in [1.29, 1.82) is 0 Å². The molecule has 0 bridgehead atoms. The molecular formula is C16H13Cl2NO3. The first-order valence-electron chi connectivity index (χ1n) is 6.44. The van der Waals surface area contributed by atoms with Crippen LogP contribution in [0.25, 0.3) is 0 Å². The lowest BCUT2D eigenvalue weighted by Crippen LogP contribution is -2.20. The van der Waals surface area contributed by atoms with Crippen LogP contribution in [0.15, 0.2) is 42.5 Å². The van der Waals surface area contributed by atoms with Crippen molar-refractivity contribution in [1.82, 2.24) is 0 Å². The molecule has 6 heteroatoms. The topological polar surface area (TPSA) is 55.4 Å². The van der Waals surface area contributed by atoms with Crippen molar-refractivity contribution in [3.8, 4) is 5.75 Å². The van der Waals surface area contributed by atoms with Gasteiger partial charge in [-0.05, 0) is 37.3 Å². The Hall–Kier alpha value is -2.04. The molecule has 0 saturated carbocycles. The molecule has 0 radical (unpaired) electrons. The normalized spacial score (nSPS) is 10.1. The van der Waals surface area contributed by atoms with Gasteiger partial charge in [0.1, 0.15) is 5.75 Å². The number of nitrogens with one attached hydrogen (secondary N) is 1. The van der Waals surface area contributed by atoms with E-state index in [0.29, 0.717) is 27.0 Å². The standard InChI is InChI=1S/C16H13Cl2NO3/c1-10(20)14-4-2-3-5-15(14)22-9-16(21)19-13-7-11(17)6-12(18)8-13/h2-8H,9H2,1H3,(H,19,21). The largest absolute Gasteiger partial charge is 0.483 e. The zero-order valence-corrected chi connectivity index (χ0v) is 13.2. The van der Waals surface area contributed by atoms with Crippen LogP contribution in [0, 0.1) is 0 Å². The minimum atomic E-state index is -0.378. The Labute approximate surface area is 138 Å². The molecule has 0 aliphatic heterocycles. The van der Waals surface area contributed by atoms with Gasteiger partial charge in [-0.15, -0.1) is 0 Å². The molecule has 2 rings (SSSR count). The van der Waals surface area contributed by atoms with Crippen molar-refractivity contribution < 1.29 is 14.3 Å². The minimum Gasteiger partial charge on any atom is -0.483 e. The molecule has 0 aliphatic rings. The molecule has 0 spiro atoms. The lowest BCUT2D eigenvalue weighted by Gasteiger charge is -2.10. The lowest BCUT2D eigenvalue weighted by atomic mass is 10.1. The van der Waals surface area contributed by atoms with Crippen molar-refractivity contribution in [2.45, 2.75) is 6.92 Å². The molecule has 0 unspecified atom stereocenters. The Morgan fingerprint density at radius 3 is 2.36 bits per heavy atom. The maximum absolute atomic E-state index is 11.9. The Balaban J connectivity index is 2.00. The van der Waals surface area contributed by atoms with Crippen molar-refractivity contribution in [3.05, 3.63) is 58.1 Å². The average Bonchev–Trinajstić information content (AvgIpc) is 2.44. The molecule has 4 nitrogen and oxygen atoms in total. The average molecular weight is 338 g/mol. The number of Topliss-reactive ketones (excluding diaryl/α,β-unsaturated/α-hetero) is 1. The molecule has 0 heterocycles. The van der Waals surface area contributed by atoms with Crippen LogP contribution in [0.4, 0.5) is 5.69 Å². The summed E-state index contributed by atoms with van der Waals surface area (Å²) in [6.07, 6.45) is 0. The molecule has 0 atom stereocenters. The highest BCUT2D eigenvalue weighted by atomic mass is 35.5. The van der Waals surface area contributed by atoms with Crippen molar-refractivity contribution >= 4 is 40.6 Å². The van der Waals surface area contributed by atoms with Gasteiger partial charge in [0.25, 0.3) is 5.91 Å². The molecule has 0 fully saturated rings. The maximum atomic E-state index is 11.9. The van der Waals surface area contributed by atoms with Gasteiger partial charge in [0.2, 0.25) is 0 Å². The van der Waals surface area contributed by atoms with Crippen LogP contribution in [0.3, 0.4) is 0 Å². The SMILES string of the molecule is CC(=O)c1ccccc1OCC(=O)Nc1cc(Cl)cc(Cl)c1. The predicted molar refractivity (Wildman–Crippen MR) is 87.0 cm³/mol. The van der Waals surface area contributed by atoms with Gasteiger partial charge < -0.3 is 10.1 Å². The molecule has 1 amide bonds. The summed E-state index contributed by atoms with van der Waals surface area (Å²) in [6.45, 7) is 1.21. The summed E-state index contributed by atoms with van der Waals surface area (Å²) in [5.74, 6) is -0.136. The highest BCUT2D eigenvalue weighted by Gasteiger charge is 2.10. The lowest BCUT2D eigenvalue weighted by molar-refractivity contribution is -0.118. The molecule has 1 N–H and O–H groups in total. The van der Waals surface area contributed by atoms with E-state index >= 15 is 0 Å². The number of hydrogen-bond donors (Lipinski definition) is 1. The van der Waals surface area contributed by atoms with Gasteiger partial charge in [-0.3, -0.25) is 9.59 Å². The first-order chi connectivity index (χ1) is 10.5. The van der Waals surface area contributed by atoms with Gasteiger partial charge >= 0.3 is 0 Å². The van der Waals surface area contributed by atoms with E-state index in [2.05, 4.69) is 5.32 Å². The van der Waals surface area contributed by atoms with E-state index in [0.717, 1.165) is 0 Å². The van der Waals surface area contributed by atoms with Crippen LogP contribution in [-0.2, 0) is 4.79 Å². The van der Waals surface area contributed by atoms with Crippen LogP contribution < -0.4 is 10.1 Å². The van der Waals surface area contributed by atoms with Crippen LogP contribution in [0.5, 0.6) is 5.75 Å². The quantitative estimate of drug-likeness (QED) is 0.831. The van der Waals surface area contributed by atoms with E-state index in [-0.39, 0.29) is 18.3 Å². The summed E-state index contributed by atoms with van der Waals surface area (Å²) in [5, 5.41) is 3.47. The van der Waals surface area contributed by atoms with Gasteiger partial charge in [-0.25, -0.2) is 0 Å². The van der Waals surface area contributed by atoms with E-state index < -0.39 is 0 Å². The second-order valence-electron chi connectivity index (χ2n) is 4.55. The Kier molecular flexibility index (Phi) is 5.41. The van der Waals surface area contributed by atoms with E-state index in [4.69, 9.17) is 27.9 Å². The van der Waals surface area contributed by atoms with Gasteiger partial charge in [-0.2, -0.15) is 0 Å². The number of para-hydroxylation sites is 1. The van der Waals surface area contributed by atoms with E-state index in [1.165, 1.54) is 6.92 Å². The first kappa shape index (κ1) is 16.3. The van der Waals surface area contributed by atoms with Gasteiger partial charge in [0.05, 0.1) is 5.56 Å². The predicted octanol–water partition coefficient (Wildman–Crippen LogP) is 4.21. The number of carbonyl (C=O) groups excluding carboxylic acids is 2. The number of rotatable bonds is 5. The van der Waals surface area contributed by atoms with Crippen molar-refractivity contribution in [3.63, 3.8) is 0 Å². The highest BCUT2D eigenvalue weighted by molar-refractivity contribution is 6.35. The number of hydrogen-bond acceptors (Lipinski definition) is 3. The third kappa shape index (κ3) is 4.48. The Morgan fingerprint density at radius 1 is 1.09 bits per heavy atom. The summed E-state index contributed by atoms with van der Waals surface area (Å²) in [5.41, 5.74) is 0.909. The monoisotopic (exact) mass is 337 g/mol. The number of ketones is 1. The van der Waals surface area contributed by atoms with Crippen LogP contribution >= 0.6 is 23.2 Å². The maximum Gasteiger partial charge on any atom is 0.262 e. The number of carbonyl (C=O) groups is 2. The fourth-order valence-corrected chi connectivity index (χ4v) is 2.38. The second-order valence-corrected chi connectivity index (χ2v) is 5.42. The summed E-state index contributed by atoms with van der Waals surface area (Å²) < 4.78 is 5.39. The second kappa shape index (κ2) is 7.29. The fraction of sp³-hybridized carbons (Fsp3) is 0.125. The molecule has 0 aromatic heterocycles. The van der Waals surface area contributed by atoms with Crippen molar-refractivity contribution in [2.24, 2.45) is 0 Å². The van der Waals surface area contributed by atoms with E-state index in [1.54, 1.807) is 42.5 Å². The summed E-state index contributed by atoms with van der Waals surface area (Å²) in [6, 6.07) is 11.5. The molecule has 2 aromatic rings. The summed E-state index contributed by atoms with van der Waals surface area (Å²) in [4.78, 5) is 23.3. The van der Waals surface area contributed by atoms with Gasteiger partial charge in [0.15, 0.2) is 12.4 Å². The third-order valence-corrected chi connectivity index (χ3v) is 3.21. The zero-order chi connectivity index (χ0) is 16.1. The molecule has 114 valence electrons. The van der Waals surface area contributed by atoms with Gasteiger partial charge in [0, 0.05) is 15.7 Å². The number of halogens is 2. The number of anilines is 1. The van der Waals surface area contributed by atoms with Gasteiger partial charge in [-0.1, -0.05) is 35.3 Å². The van der Waals surface area contributed by atoms with E-state index in [1.807, 2.05) is 0 Å². The molecular weight excluding hydrogens is 325 g/mol. The first-order valence-corrected chi connectivity index (χ1v) is 7.20. The Bertz CT molecular complexity index is 696. The van der Waals surface area contributed by atoms with Crippen LogP contribution in [0.2, 0.25) is 10.0 Å². The van der Waals surface area contributed by atoms with Crippen molar-refractivity contribution in [2.75, 3.05) is 11.9 Å². The number of benzene rings is 2. The van der Waals surface area contributed by atoms with E-state index in [9.17, 15) is 9.59 Å². The summed E-state index contributed by atoms with van der Waals surface area (Å²) >= 11 is 11.7. The number of ether oxygens (including phenoxy) is 1. The fourth-order valence-electron chi connectivity index (χ4n) is 1.85. The smallest absolute Gasteiger partial charge is 0.262 e. The molecule has 0 aliphatic carbocycles. The van der Waals surface area contributed by atoms with Crippen LogP contribution in [-0.4, -0.2) is 18.3 Å². The number of amides is 1. The van der Waals surface area contributed by atoms with Crippen LogP contribution in [0.1, 0.15) is 17.3 Å². The third-order valence-electron chi connectivity index (χ3n) is 2.77. The Morgan fingerprint density at radius 2 is 1.73 bits per heavy atom. The molecule has 2 aromatic carbocycles. The molecule has 0 saturated heterocycles. The molecule has 22 heavy (non-hydrogen) atoms. The zero-order valence-electron chi connectivity index (χ0n) is 11.7. The summed E-state index contributed by atoms with van der Waals surface area (Å²) in [7, 11) is 0. The highest BCUT2D eigenvalue weighted by Crippen LogP contribution is 2.22.